The fourth-order valence-electron chi connectivity index (χ4n) is 1.67. The van der Waals surface area contributed by atoms with Crippen LogP contribution in [0.4, 0.5) is 10.1 Å². The predicted molar refractivity (Wildman–Crippen MR) is 60.8 cm³/mol. The van der Waals surface area contributed by atoms with Gasteiger partial charge >= 0.3 is 0 Å². The molecular formula is C10H9FINO. The van der Waals surface area contributed by atoms with Crippen molar-refractivity contribution in [1.29, 1.82) is 0 Å². The topological polar surface area (TPSA) is 20.3 Å². The number of benzene rings is 1. The smallest absolute Gasteiger partial charge is 0.227 e. The van der Waals surface area contributed by atoms with Gasteiger partial charge in [0.2, 0.25) is 5.91 Å². The Kier molecular flexibility index (Phi) is 2.47. The van der Waals surface area contributed by atoms with E-state index in [2.05, 4.69) is 0 Å². The summed E-state index contributed by atoms with van der Waals surface area (Å²) in [5.41, 5.74) is 1.37. The highest BCUT2D eigenvalue weighted by Crippen LogP contribution is 2.30. The molecule has 14 heavy (non-hydrogen) atoms. The van der Waals surface area contributed by atoms with Crippen LogP contribution >= 0.6 is 22.6 Å². The number of hydrogen-bond acceptors (Lipinski definition) is 1. The molecule has 0 saturated carbocycles. The molecule has 0 aromatic heterocycles. The van der Waals surface area contributed by atoms with Crippen molar-refractivity contribution in [3.8, 4) is 0 Å². The molecule has 0 radical (unpaired) electrons. The molecule has 0 fully saturated rings. The highest BCUT2D eigenvalue weighted by molar-refractivity contribution is 14.1. The Labute approximate surface area is 95.2 Å². The molecule has 1 aliphatic heterocycles. The second-order valence-electron chi connectivity index (χ2n) is 3.31. The molecule has 1 aliphatic rings. The van der Waals surface area contributed by atoms with E-state index in [0.29, 0.717) is 27.7 Å². The first-order valence-corrected chi connectivity index (χ1v) is 5.42. The molecule has 2 nitrogen and oxygen atoms in total. The van der Waals surface area contributed by atoms with E-state index in [-0.39, 0.29) is 11.7 Å². The summed E-state index contributed by atoms with van der Waals surface area (Å²) in [6.07, 6.45) is 0.918. The summed E-state index contributed by atoms with van der Waals surface area (Å²) in [4.78, 5) is 12.9. The van der Waals surface area contributed by atoms with Gasteiger partial charge in [-0.15, -0.1) is 0 Å². The minimum absolute atomic E-state index is 0.0538. The zero-order valence-corrected chi connectivity index (χ0v) is 9.84. The molecule has 74 valence electrons. The summed E-state index contributed by atoms with van der Waals surface area (Å²) >= 11 is 1.96. The number of carbonyl (C=O) groups is 1. The van der Waals surface area contributed by atoms with Gasteiger partial charge in [-0.1, -0.05) is 0 Å². The van der Waals surface area contributed by atoms with Crippen LogP contribution in [0.15, 0.2) is 12.1 Å². The molecule has 0 spiro atoms. The predicted octanol–water partition coefficient (Wildman–Crippen LogP) is 2.34. The Morgan fingerprint density at radius 3 is 2.86 bits per heavy atom. The highest BCUT2D eigenvalue weighted by Gasteiger charge is 2.24. The first kappa shape index (κ1) is 9.89. The Bertz CT molecular complexity index is 405. The van der Waals surface area contributed by atoms with Gasteiger partial charge in [-0.2, -0.15) is 0 Å². The van der Waals surface area contributed by atoms with Crippen LogP contribution in [0.2, 0.25) is 0 Å². The van der Waals surface area contributed by atoms with E-state index in [9.17, 15) is 9.18 Å². The lowest BCUT2D eigenvalue weighted by Gasteiger charge is -2.26. The first-order chi connectivity index (χ1) is 6.61. The highest BCUT2D eigenvalue weighted by atomic mass is 127. The lowest BCUT2D eigenvalue weighted by molar-refractivity contribution is -0.118. The van der Waals surface area contributed by atoms with Crippen LogP contribution in [0.5, 0.6) is 0 Å². The number of amides is 1. The van der Waals surface area contributed by atoms with Crippen molar-refractivity contribution in [2.45, 2.75) is 12.8 Å². The zero-order chi connectivity index (χ0) is 10.3. The van der Waals surface area contributed by atoms with Crippen LogP contribution in [-0.4, -0.2) is 13.0 Å². The monoisotopic (exact) mass is 305 g/mol. The van der Waals surface area contributed by atoms with E-state index in [1.54, 1.807) is 19.2 Å². The third-order valence-electron chi connectivity index (χ3n) is 2.50. The number of carbonyl (C=O) groups excluding carboxylic acids is 1. The molecule has 4 heteroatoms. The number of fused-ring (bicyclic) bond motifs is 1. The summed E-state index contributed by atoms with van der Waals surface area (Å²) < 4.78 is 14.3. The SMILES string of the molecule is CN1C(=O)CCc2c1ccc(I)c2F. The van der Waals surface area contributed by atoms with Gasteiger partial charge in [-0.05, 0) is 41.1 Å². The summed E-state index contributed by atoms with van der Waals surface area (Å²) in [6.45, 7) is 0. The molecule has 2 rings (SSSR count). The quantitative estimate of drug-likeness (QED) is 0.674. The average molecular weight is 305 g/mol. The lowest BCUT2D eigenvalue weighted by Crippen LogP contribution is -2.31. The van der Waals surface area contributed by atoms with E-state index in [4.69, 9.17) is 0 Å². The maximum Gasteiger partial charge on any atom is 0.227 e. The Morgan fingerprint density at radius 1 is 1.43 bits per heavy atom. The van der Waals surface area contributed by atoms with Crippen LogP contribution in [0.25, 0.3) is 0 Å². The minimum Gasteiger partial charge on any atom is -0.315 e. The third-order valence-corrected chi connectivity index (χ3v) is 3.33. The summed E-state index contributed by atoms with van der Waals surface area (Å²) in [5.74, 6) is -0.124. The van der Waals surface area contributed by atoms with Gasteiger partial charge in [0.1, 0.15) is 5.82 Å². The van der Waals surface area contributed by atoms with E-state index < -0.39 is 0 Å². The van der Waals surface area contributed by atoms with Crippen molar-refractivity contribution in [2.75, 3.05) is 11.9 Å². The second kappa shape index (κ2) is 3.49. The van der Waals surface area contributed by atoms with Gasteiger partial charge in [0, 0.05) is 28.3 Å². The van der Waals surface area contributed by atoms with Crippen molar-refractivity contribution in [3.05, 3.63) is 27.1 Å². The van der Waals surface area contributed by atoms with Gasteiger partial charge in [0.15, 0.2) is 0 Å². The van der Waals surface area contributed by atoms with E-state index in [1.165, 1.54) is 4.90 Å². The van der Waals surface area contributed by atoms with E-state index in [0.717, 1.165) is 0 Å². The fourth-order valence-corrected chi connectivity index (χ4v) is 2.17. The first-order valence-electron chi connectivity index (χ1n) is 4.34. The lowest BCUT2D eigenvalue weighted by atomic mass is 10.0. The number of hydrogen-bond donors (Lipinski definition) is 0. The number of rotatable bonds is 0. The molecule has 1 amide bonds. The number of halogens is 2. The van der Waals surface area contributed by atoms with Crippen LogP contribution < -0.4 is 4.90 Å². The molecule has 0 unspecified atom stereocenters. The fraction of sp³-hybridized carbons (Fsp3) is 0.300. The number of nitrogens with zero attached hydrogens (tertiary/aromatic N) is 1. The molecule has 0 aliphatic carbocycles. The summed E-state index contributed by atoms with van der Waals surface area (Å²) in [6, 6.07) is 3.50. The Hall–Kier alpha value is -0.650. The maximum absolute atomic E-state index is 13.6. The van der Waals surface area contributed by atoms with Crippen molar-refractivity contribution >= 4 is 34.2 Å². The Morgan fingerprint density at radius 2 is 2.14 bits per heavy atom. The molecular weight excluding hydrogens is 296 g/mol. The molecule has 0 bridgehead atoms. The molecule has 1 heterocycles. The normalized spacial score (nSPS) is 15.6. The molecule has 0 saturated heterocycles. The largest absolute Gasteiger partial charge is 0.315 e. The van der Waals surface area contributed by atoms with E-state index >= 15 is 0 Å². The number of anilines is 1. The van der Waals surface area contributed by atoms with Gasteiger partial charge in [-0.3, -0.25) is 4.79 Å². The van der Waals surface area contributed by atoms with Crippen molar-refractivity contribution in [2.24, 2.45) is 0 Å². The van der Waals surface area contributed by atoms with Crippen LogP contribution in [0, 0.1) is 9.39 Å². The Balaban J connectivity index is 2.59. The van der Waals surface area contributed by atoms with Crippen molar-refractivity contribution in [1.82, 2.24) is 0 Å². The van der Waals surface area contributed by atoms with Gasteiger partial charge in [0.05, 0.1) is 0 Å². The van der Waals surface area contributed by atoms with Crippen molar-refractivity contribution in [3.63, 3.8) is 0 Å². The molecule has 1 aromatic rings. The third kappa shape index (κ3) is 1.41. The zero-order valence-electron chi connectivity index (χ0n) is 7.68. The van der Waals surface area contributed by atoms with Gasteiger partial charge in [0.25, 0.3) is 0 Å². The van der Waals surface area contributed by atoms with Crippen LogP contribution in [-0.2, 0) is 11.2 Å². The summed E-state index contributed by atoms with van der Waals surface area (Å²) in [5, 5.41) is 0. The standard InChI is InChI=1S/C10H9FINO/c1-13-8-4-3-7(12)10(11)6(8)2-5-9(13)14/h3-4H,2,5H2,1H3. The van der Waals surface area contributed by atoms with E-state index in [1.807, 2.05) is 22.6 Å². The molecule has 0 N–H and O–H groups in total. The molecule has 1 aromatic carbocycles. The van der Waals surface area contributed by atoms with Crippen LogP contribution in [0.3, 0.4) is 0 Å². The van der Waals surface area contributed by atoms with Gasteiger partial charge < -0.3 is 4.90 Å². The average Bonchev–Trinajstić information content (AvgIpc) is 2.17. The minimum atomic E-state index is -0.178. The van der Waals surface area contributed by atoms with Crippen molar-refractivity contribution < 1.29 is 9.18 Å². The summed E-state index contributed by atoms with van der Waals surface area (Å²) in [7, 11) is 1.69. The molecule has 0 atom stereocenters. The second-order valence-corrected chi connectivity index (χ2v) is 4.47. The van der Waals surface area contributed by atoms with Gasteiger partial charge in [-0.25, -0.2) is 4.39 Å². The maximum atomic E-state index is 13.6. The van der Waals surface area contributed by atoms with Crippen LogP contribution in [0.1, 0.15) is 12.0 Å².